The monoisotopic (exact) mass is 322 g/mol. The van der Waals surface area contributed by atoms with E-state index >= 15 is 0 Å². The summed E-state index contributed by atoms with van der Waals surface area (Å²) in [6, 6.07) is 5.38. The van der Waals surface area contributed by atoms with Crippen LogP contribution in [0.2, 0.25) is 0 Å². The fraction of sp³-hybridized carbons (Fsp3) is 0.467. The molecule has 6 nitrogen and oxygen atoms in total. The van der Waals surface area contributed by atoms with Crippen LogP contribution in [0.5, 0.6) is 0 Å². The second-order valence-corrected chi connectivity index (χ2v) is 6.00. The van der Waals surface area contributed by atoms with Crippen LogP contribution in [0.4, 0.5) is 0 Å². The summed E-state index contributed by atoms with van der Waals surface area (Å²) >= 11 is 1.51. The minimum Gasteiger partial charge on any atom is -0.394 e. The van der Waals surface area contributed by atoms with Gasteiger partial charge in [-0.2, -0.15) is 0 Å². The number of fused-ring (bicyclic) bond motifs is 1. The number of thiazole rings is 1. The molecule has 1 amide bonds. The smallest absolute Gasteiger partial charge is 0.251 e. The second-order valence-electron chi connectivity index (χ2n) is 5.11. The second kappa shape index (κ2) is 7.15. The first-order chi connectivity index (χ1) is 10.8. The number of nitrogens with one attached hydrogen (secondary N) is 1. The number of rotatable bonds is 5. The molecule has 22 heavy (non-hydrogen) atoms. The molecule has 0 bridgehead atoms. The fourth-order valence-electron chi connectivity index (χ4n) is 2.49. The number of aliphatic hydroxyl groups is 1. The van der Waals surface area contributed by atoms with Gasteiger partial charge in [0.1, 0.15) is 6.10 Å². The van der Waals surface area contributed by atoms with Crippen molar-refractivity contribution in [2.75, 3.05) is 26.4 Å². The molecule has 1 fully saturated rings. The normalized spacial score (nSPS) is 21.9. The van der Waals surface area contributed by atoms with Crippen molar-refractivity contribution in [3.05, 3.63) is 29.3 Å². The third-order valence-corrected chi connectivity index (χ3v) is 4.43. The third-order valence-electron chi connectivity index (χ3n) is 3.64. The molecule has 0 unspecified atom stereocenters. The summed E-state index contributed by atoms with van der Waals surface area (Å²) in [6.45, 7) is 1.23. The first-order valence-electron chi connectivity index (χ1n) is 7.22. The van der Waals surface area contributed by atoms with Crippen molar-refractivity contribution in [2.45, 2.75) is 18.6 Å². The molecule has 1 aromatic heterocycles. The van der Waals surface area contributed by atoms with E-state index in [0.29, 0.717) is 25.2 Å². The Hall–Kier alpha value is -1.54. The van der Waals surface area contributed by atoms with Crippen LogP contribution in [0, 0.1) is 0 Å². The Morgan fingerprint density at radius 2 is 2.45 bits per heavy atom. The van der Waals surface area contributed by atoms with E-state index in [9.17, 15) is 4.79 Å². The molecule has 2 heterocycles. The summed E-state index contributed by atoms with van der Waals surface area (Å²) in [7, 11) is 0. The molecular weight excluding hydrogens is 304 g/mol. The summed E-state index contributed by atoms with van der Waals surface area (Å²) in [6.07, 6.45) is 0.474. The van der Waals surface area contributed by atoms with E-state index in [0.717, 1.165) is 10.2 Å². The third kappa shape index (κ3) is 3.44. The lowest BCUT2D eigenvalue weighted by molar-refractivity contribution is -0.0737. The molecule has 118 valence electrons. The number of hydrogen-bond donors (Lipinski definition) is 2. The lowest BCUT2D eigenvalue weighted by Crippen LogP contribution is -2.50. The maximum absolute atomic E-state index is 12.4. The molecule has 0 radical (unpaired) electrons. The van der Waals surface area contributed by atoms with Crippen LogP contribution in [0.3, 0.4) is 0 Å². The highest BCUT2D eigenvalue weighted by molar-refractivity contribution is 7.16. The Bertz CT molecular complexity index is 645. The average Bonchev–Trinajstić information content (AvgIpc) is 3.01. The van der Waals surface area contributed by atoms with Crippen molar-refractivity contribution in [3.8, 4) is 0 Å². The Kier molecular flexibility index (Phi) is 4.99. The SMILES string of the molecule is O=C(N[C@@H]1CCOC[C@H]1OCCO)c1ccc2ncsc2c1. The van der Waals surface area contributed by atoms with Gasteiger partial charge in [-0.05, 0) is 24.6 Å². The van der Waals surface area contributed by atoms with Gasteiger partial charge in [0.15, 0.2) is 0 Å². The maximum Gasteiger partial charge on any atom is 0.251 e. The van der Waals surface area contributed by atoms with Gasteiger partial charge in [0.2, 0.25) is 0 Å². The minimum atomic E-state index is -0.225. The van der Waals surface area contributed by atoms with Gasteiger partial charge in [0.05, 0.1) is 41.6 Å². The van der Waals surface area contributed by atoms with Gasteiger partial charge in [0, 0.05) is 12.2 Å². The van der Waals surface area contributed by atoms with Crippen LogP contribution in [0.25, 0.3) is 10.2 Å². The molecule has 0 aliphatic carbocycles. The zero-order valence-electron chi connectivity index (χ0n) is 12.0. The first kappa shape index (κ1) is 15.4. The average molecular weight is 322 g/mol. The summed E-state index contributed by atoms with van der Waals surface area (Å²) in [5.74, 6) is -0.125. The molecule has 3 rings (SSSR count). The van der Waals surface area contributed by atoms with Crippen LogP contribution >= 0.6 is 11.3 Å². The first-order valence-corrected chi connectivity index (χ1v) is 8.10. The number of benzene rings is 1. The summed E-state index contributed by atoms with van der Waals surface area (Å²) < 4.78 is 11.9. The van der Waals surface area contributed by atoms with Crippen LogP contribution in [-0.2, 0) is 9.47 Å². The molecule has 2 N–H and O–H groups in total. The van der Waals surface area contributed by atoms with Gasteiger partial charge in [-0.25, -0.2) is 4.98 Å². The molecular formula is C15H18N2O4S. The van der Waals surface area contributed by atoms with Crippen LogP contribution in [0.15, 0.2) is 23.7 Å². The van der Waals surface area contributed by atoms with Crippen molar-refractivity contribution >= 4 is 27.5 Å². The topological polar surface area (TPSA) is 80.7 Å². The Morgan fingerprint density at radius 1 is 1.55 bits per heavy atom. The van der Waals surface area contributed by atoms with E-state index in [2.05, 4.69) is 10.3 Å². The highest BCUT2D eigenvalue weighted by Crippen LogP contribution is 2.19. The van der Waals surface area contributed by atoms with Crippen molar-refractivity contribution in [1.82, 2.24) is 10.3 Å². The highest BCUT2D eigenvalue weighted by Gasteiger charge is 2.28. The molecule has 1 saturated heterocycles. The molecule has 0 saturated carbocycles. The van der Waals surface area contributed by atoms with Gasteiger partial charge in [-0.3, -0.25) is 4.79 Å². The van der Waals surface area contributed by atoms with E-state index in [1.54, 1.807) is 11.6 Å². The maximum atomic E-state index is 12.4. The van der Waals surface area contributed by atoms with Crippen molar-refractivity contribution in [1.29, 1.82) is 0 Å². The van der Waals surface area contributed by atoms with Crippen molar-refractivity contribution < 1.29 is 19.4 Å². The predicted octanol–water partition coefficient (Wildman–Crippen LogP) is 1.19. The van der Waals surface area contributed by atoms with Crippen LogP contribution in [0.1, 0.15) is 16.8 Å². The Morgan fingerprint density at radius 3 is 3.32 bits per heavy atom. The largest absolute Gasteiger partial charge is 0.394 e. The van der Waals surface area contributed by atoms with E-state index in [1.807, 2.05) is 12.1 Å². The number of carbonyl (C=O) groups is 1. The molecule has 1 aliphatic heterocycles. The zero-order valence-corrected chi connectivity index (χ0v) is 12.8. The van der Waals surface area contributed by atoms with Crippen LogP contribution < -0.4 is 5.32 Å². The van der Waals surface area contributed by atoms with Gasteiger partial charge in [-0.15, -0.1) is 11.3 Å². The van der Waals surface area contributed by atoms with Gasteiger partial charge >= 0.3 is 0 Å². The zero-order chi connectivity index (χ0) is 15.4. The lowest BCUT2D eigenvalue weighted by atomic mass is 10.1. The number of amides is 1. The number of carbonyl (C=O) groups excluding carboxylic acids is 1. The van der Waals surface area contributed by atoms with Gasteiger partial charge in [0.25, 0.3) is 5.91 Å². The predicted molar refractivity (Wildman–Crippen MR) is 83.1 cm³/mol. The quantitative estimate of drug-likeness (QED) is 0.864. The molecule has 1 aromatic carbocycles. The number of ether oxygens (including phenoxy) is 2. The summed E-state index contributed by atoms with van der Waals surface area (Å²) in [5, 5.41) is 11.9. The number of nitrogens with zero attached hydrogens (tertiary/aromatic N) is 1. The van der Waals surface area contributed by atoms with E-state index in [4.69, 9.17) is 14.6 Å². The fourth-order valence-corrected chi connectivity index (χ4v) is 3.21. The lowest BCUT2D eigenvalue weighted by Gasteiger charge is -2.32. The Labute approximate surface area is 132 Å². The molecule has 1 aliphatic rings. The minimum absolute atomic E-state index is 0.0424. The molecule has 0 spiro atoms. The number of aromatic nitrogens is 1. The molecule has 2 atom stereocenters. The standard InChI is InChI=1S/C15H18N2O4S/c18-4-6-21-13-8-20-5-3-11(13)17-15(19)10-1-2-12-14(7-10)22-9-16-12/h1-2,7,9,11,13,18H,3-6,8H2,(H,17,19)/t11-,13-/m1/s1. The molecule has 7 heteroatoms. The van der Waals surface area contributed by atoms with Crippen molar-refractivity contribution in [2.24, 2.45) is 0 Å². The van der Waals surface area contributed by atoms with E-state index < -0.39 is 0 Å². The van der Waals surface area contributed by atoms with Gasteiger partial charge < -0.3 is 19.9 Å². The van der Waals surface area contributed by atoms with Crippen LogP contribution in [-0.4, -0.2) is 54.6 Å². The Balaban J connectivity index is 1.68. The summed E-state index contributed by atoms with van der Waals surface area (Å²) in [5.41, 5.74) is 3.28. The number of aliphatic hydroxyl groups excluding tert-OH is 1. The molecule has 2 aromatic rings. The summed E-state index contributed by atoms with van der Waals surface area (Å²) in [4.78, 5) is 16.6. The van der Waals surface area contributed by atoms with E-state index in [1.165, 1.54) is 11.3 Å². The van der Waals surface area contributed by atoms with E-state index in [-0.39, 0.29) is 31.3 Å². The van der Waals surface area contributed by atoms with Gasteiger partial charge in [-0.1, -0.05) is 0 Å². The number of hydrogen-bond acceptors (Lipinski definition) is 6. The van der Waals surface area contributed by atoms with Crippen molar-refractivity contribution in [3.63, 3.8) is 0 Å². The highest BCUT2D eigenvalue weighted by atomic mass is 32.1.